The number of hydrogen-bond donors (Lipinski definition) is 1. The Morgan fingerprint density at radius 3 is 2.38 bits per heavy atom. The van der Waals surface area contributed by atoms with Gasteiger partial charge >= 0.3 is 0 Å². The van der Waals surface area contributed by atoms with Gasteiger partial charge in [-0.3, -0.25) is 0 Å². The van der Waals surface area contributed by atoms with Crippen molar-refractivity contribution in [1.82, 2.24) is 5.32 Å². The lowest BCUT2D eigenvalue weighted by molar-refractivity contribution is 0.588. The molecule has 0 aromatic heterocycles. The lowest BCUT2D eigenvalue weighted by atomic mass is 10.2. The average Bonchev–Trinajstić information content (AvgIpc) is 2.47. The van der Waals surface area contributed by atoms with Crippen LogP contribution in [-0.4, -0.2) is 6.04 Å². The highest BCUT2D eigenvalue weighted by Crippen LogP contribution is 2.25. The van der Waals surface area contributed by atoms with E-state index in [1.165, 1.54) is 16.5 Å². The van der Waals surface area contributed by atoms with Crippen LogP contribution in [0.3, 0.4) is 0 Å². The van der Waals surface area contributed by atoms with E-state index < -0.39 is 0 Å². The molecule has 0 aliphatic rings. The summed E-state index contributed by atoms with van der Waals surface area (Å²) in [7, 11) is 0. The molecule has 0 amide bonds. The number of halogens is 2. The molecule has 0 unspecified atom stereocenters. The maximum Gasteiger partial charge on any atom is 0.141 e. The zero-order valence-corrected chi connectivity index (χ0v) is 13.8. The fourth-order valence-corrected chi connectivity index (χ4v) is 2.87. The van der Waals surface area contributed by atoms with E-state index in [4.69, 9.17) is 11.6 Å². The van der Waals surface area contributed by atoms with Crippen LogP contribution in [0.1, 0.15) is 25.0 Å². The van der Waals surface area contributed by atoms with Gasteiger partial charge in [-0.2, -0.15) is 0 Å². The first-order chi connectivity index (χ1) is 10.0. The molecule has 2 aromatic rings. The summed E-state index contributed by atoms with van der Waals surface area (Å²) in [5, 5.41) is 3.58. The van der Waals surface area contributed by atoms with Crippen LogP contribution in [0.5, 0.6) is 0 Å². The van der Waals surface area contributed by atoms with E-state index in [2.05, 4.69) is 43.4 Å². The van der Waals surface area contributed by atoms with Crippen molar-refractivity contribution >= 4 is 23.4 Å². The van der Waals surface area contributed by atoms with Crippen LogP contribution in [0, 0.1) is 5.82 Å². The van der Waals surface area contributed by atoms with E-state index in [-0.39, 0.29) is 10.8 Å². The van der Waals surface area contributed by atoms with Crippen LogP contribution in [0.2, 0.25) is 5.02 Å². The van der Waals surface area contributed by atoms with Gasteiger partial charge in [0.25, 0.3) is 0 Å². The third kappa shape index (κ3) is 5.34. The van der Waals surface area contributed by atoms with Gasteiger partial charge in [-0.25, -0.2) is 4.39 Å². The Bertz CT molecular complexity index is 584. The van der Waals surface area contributed by atoms with Gasteiger partial charge in [0.15, 0.2) is 0 Å². The molecule has 0 atom stereocenters. The zero-order valence-electron chi connectivity index (χ0n) is 12.2. The van der Waals surface area contributed by atoms with E-state index in [1.54, 1.807) is 23.9 Å². The molecule has 0 aliphatic heterocycles. The van der Waals surface area contributed by atoms with Gasteiger partial charge in [0.1, 0.15) is 5.82 Å². The first kappa shape index (κ1) is 16.3. The minimum atomic E-state index is -0.368. The molecule has 4 heteroatoms. The first-order valence-corrected chi connectivity index (χ1v) is 8.30. The van der Waals surface area contributed by atoms with Crippen LogP contribution in [-0.2, 0) is 12.3 Å². The van der Waals surface area contributed by atoms with Crippen LogP contribution >= 0.6 is 23.4 Å². The summed E-state index contributed by atoms with van der Waals surface area (Å²) in [5.41, 5.74) is 2.30. The van der Waals surface area contributed by atoms with Crippen molar-refractivity contribution in [1.29, 1.82) is 0 Å². The third-order valence-electron chi connectivity index (χ3n) is 3.03. The molecule has 0 heterocycles. The Morgan fingerprint density at radius 1 is 1.10 bits per heavy atom. The molecule has 0 aliphatic carbocycles. The molecule has 112 valence electrons. The highest BCUT2D eigenvalue weighted by atomic mass is 35.5. The molecular formula is C17H19ClFNS. The Morgan fingerprint density at radius 2 is 1.76 bits per heavy atom. The maximum absolute atomic E-state index is 13.1. The molecule has 0 saturated heterocycles. The van der Waals surface area contributed by atoms with Crippen LogP contribution in [0.15, 0.2) is 47.4 Å². The van der Waals surface area contributed by atoms with Gasteiger partial charge in [-0.15, -0.1) is 11.8 Å². The molecule has 2 rings (SSSR count). The van der Waals surface area contributed by atoms with E-state index in [1.807, 2.05) is 0 Å². The Kier molecular flexibility index (Phi) is 6.09. The Balaban J connectivity index is 1.89. The quantitative estimate of drug-likeness (QED) is 0.727. The summed E-state index contributed by atoms with van der Waals surface area (Å²) >= 11 is 7.51. The lowest BCUT2D eigenvalue weighted by Gasteiger charge is -2.09. The van der Waals surface area contributed by atoms with Gasteiger partial charge in [-0.1, -0.05) is 43.6 Å². The largest absolute Gasteiger partial charge is 0.310 e. The van der Waals surface area contributed by atoms with Crippen molar-refractivity contribution in [3.8, 4) is 0 Å². The minimum Gasteiger partial charge on any atom is -0.310 e. The smallest absolute Gasteiger partial charge is 0.141 e. The first-order valence-electron chi connectivity index (χ1n) is 6.93. The molecular weight excluding hydrogens is 305 g/mol. The molecule has 0 saturated carbocycles. The van der Waals surface area contributed by atoms with Gasteiger partial charge in [0.05, 0.1) is 5.02 Å². The van der Waals surface area contributed by atoms with Crippen LogP contribution < -0.4 is 5.32 Å². The van der Waals surface area contributed by atoms with Crippen LogP contribution in [0.25, 0.3) is 0 Å². The molecule has 1 nitrogen and oxygen atoms in total. The topological polar surface area (TPSA) is 12.0 Å². The van der Waals surface area contributed by atoms with Crippen molar-refractivity contribution < 1.29 is 4.39 Å². The summed E-state index contributed by atoms with van der Waals surface area (Å²) < 4.78 is 13.1. The average molecular weight is 324 g/mol. The zero-order chi connectivity index (χ0) is 15.2. The lowest BCUT2D eigenvalue weighted by Crippen LogP contribution is -2.21. The standard InChI is InChI=1S/C17H19ClFNS/c1-12(2)20-10-13-3-6-15(7-4-13)21-11-14-5-8-17(19)16(18)9-14/h3-9,12,20H,10-11H2,1-2H3. The Labute approximate surface area is 134 Å². The highest BCUT2D eigenvalue weighted by molar-refractivity contribution is 7.98. The van der Waals surface area contributed by atoms with Gasteiger partial charge in [0, 0.05) is 23.2 Å². The predicted molar refractivity (Wildman–Crippen MR) is 89.4 cm³/mol. The van der Waals surface area contributed by atoms with Crippen molar-refractivity contribution in [3.05, 3.63) is 64.4 Å². The van der Waals surface area contributed by atoms with E-state index in [0.29, 0.717) is 6.04 Å². The number of hydrogen-bond acceptors (Lipinski definition) is 2. The summed E-state index contributed by atoms with van der Waals surface area (Å²) in [6, 6.07) is 13.9. The third-order valence-corrected chi connectivity index (χ3v) is 4.40. The molecule has 1 N–H and O–H groups in total. The summed E-state index contributed by atoms with van der Waals surface area (Å²) in [4.78, 5) is 1.20. The van der Waals surface area contributed by atoms with Gasteiger partial charge < -0.3 is 5.32 Å². The monoisotopic (exact) mass is 323 g/mol. The second-order valence-corrected chi connectivity index (χ2v) is 6.67. The number of benzene rings is 2. The molecule has 21 heavy (non-hydrogen) atoms. The predicted octanol–water partition coefficient (Wildman–Crippen LogP) is 5.27. The summed E-state index contributed by atoms with van der Waals surface area (Å²) in [6.07, 6.45) is 0. The second kappa shape index (κ2) is 7.83. The van der Waals surface area contributed by atoms with Crippen molar-refractivity contribution in [2.24, 2.45) is 0 Å². The molecule has 0 spiro atoms. The number of rotatable bonds is 6. The fraction of sp³-hybridized carbons (Fsp3) is 0.294. The van der Waals surface area contributed by atoms with Crippen molar-refractivity contribution in [3.63, 3.8) is 0 Å². The fourth-order valence-electron chi connectivity index (χ4n) is 1.82. The summed E-state index contributed by atoms with van der Waals surface area (Å²) in [5.74, 6) is 0.413. The maximum atomic E-state index is 13.1. The van der Waals surface area contributed by atoms with Crippen molar-refractivity contribution in [2.45, 2.75) is 37.1 Å². The normalized spacial score (nSPS) is 11.1. The number of nitrogens with one attached hydrogen (secondary N) is 1. The second-order valence-electron chi connectivity index (χ2n) is 5.22. The number of thioether (sulfide) groups is 1. The Hall–Kier alpha value is -1.03. The SMILES string of the molecule is CC(C)NCc1ccc(SCc2ccc(F)c(Cl)c2)cc1. The van der Waals surface area contributed by atoms with Gasteiger partial charge in [0.2, 0.25) is 0 Å². The van der Waals surface area contributed by atoms with E-state index in [0.717, 1.165) is 17.9 Å². The van der Waals surface area contributed by atoms with Crippen molar-refractivity contribution in [2.75, 3.05) is 0 Å². The molecule has 0 radical (unpaired) electrons. The van der Waals surface area contributed by atoms with E-state index in [9.17, 15) is 4.39 Å². The summed E-state index contributed by atoms with van der Waals surface area (Å²) in [6.45, 7) is 5.16. The molecule has 2 aromatic carbocycles. The van der Waals surface area contributed by atoms with E-state index >= 15 is 0 Å². The molecule has 0 fully saturated rings. The van der Waals surface area contributed by atoms with Crippen LogP contribution in [0.4, 0.5) is 4.39 Å². The van der Waals surface area contributed by atoms with Gasteiger partial charge in [-0.05, 0) is 35.4 Å². The molecule has 0 bridgehead atoms. The minimum absolute atomic E-state index is 0.184. The highest BCUT2D eigenvalue weighted by Gasteiger charge is 2.02.